The van der Waals surface area contributed by atoms with E-state index in [1.165, 1.54) is 25.2 Å². The van der Waals surface area contributed by atoms with Gasteiger partial charge >= 0.3 is 0 Å². The van der Waals surface area contributed by atoms with Crippen molar-refractivity contribution in [2.75, 3.05) is 44.4 Å². The summed E-state index contributed by atoms with van der Waals surface area (Å²) >= 11 is 0. The second-order valence-electron chi connectivity index (χ2n) is 8.45. The number of nitrogens with zero attached hydrogens (tertiary/aromatic N) is 2. The molecule has 0 aromatic heterocycles. The zero-order valence-corrected chi connectivity index (χ0v) is 22.5. The van der Waals surface area contributed by atoms with E-state index in [1.54, 1.807) is 19.1 Å². The lowest BCUT2D eigenvalue weighted by molar-refractivity contribution is -0.138. The maximum Gasteiger partial charge on any atom is 0.244 e. The van der Waals surface area contributed by atoms with Crippen LogP contribution >= 0.6 is 0 Å². The summed E-state index contributed by atoms with van der Waals surface area (Å²) in [6.07, 6.45) is 3.30. The Kier molecular flexibility index (Phi) is 11.0. The first-order valence-electron chi connectivity index (χ1n) is 11.9. The van der Waals surface area contributed by atoms with E-state index >= 15 is 0 Å². The van der Waals surface area contributed by atoms with Crippen molar-refractivity contribution in [1.29, 1.82) is 0 Å². The number of amides is 2. The third-order valence-electron chi connectivity index (χ3n) is 5.82. The summed E-state index contributed by atoms with van der Waals surface area (Å²) in [6, 6.07) is 13.5. The van der Waals surface area contributed by atoms with Gasteiger partial charge in [-0.1, -0.05) is 43.7 Å². The molecule has 9 nitrogen and oxygen atoms in total. The number of anilines is 1. The van der Waals surface area contributed by atoms with Gasteiger partial charge in [-0.05, 0) is 37.5 Å². The summed E-state index contributed by atoms with van der Waals surface area (Å²) < 4.78 is 37.1. The number of rotatable bonds is 14. The summed E-state index contributed by atoms with van der Waals surface area (Å²) in [5, 5.41) is 2.86. The first kappa shape index (κ1) is 29.0. The smallest absolute Gasteiger partial charge is 0.244 e. The molecule has 0 saturated carbocycles. The molecule has 2 amide bonds. The highest BCUT2D eigenvalue weighted by atomic mass is 32.2. The molecule has 0 bridgehead atoms. The Labute approximate surface area is 214 Å². The van der Waals surface area contributed by atoms with Crippen LogP contribution in [0.25, 0.3) is 0 Å². The molecule has 36 heavy (non-hydrogen) atoms. The molecule has 2 aromatic carbocycles. The minimum atomic E-state index is -3.86. The van der Waals surface area contributed by atoms with Crippen LogP contribution in [0.15, 0.2) is 48.5 Å². The molecule has 0 aliphatic carbocycles. The average Bonchev–Trinajstić information content (AvgIpc) is 2.86. The monoisotopic (exact) mass is 519 g/mol. The van der Waals surface area contributed by atoms with Crippen LogP contribution in [-0.4, -0.2) is 71.3 Å². The molecule has 0 aliphatic rings. The number of hydrogen-bond donors (Lipinski definition) is 1. The summed E-state index contributed by atoms with van der Waals surface area (Å²) in [5.74, 6) is -0.0452. The number of carbonyl (C=O) groups is 2. The number of hydrogen-bond acceptors (Lipinski definition) is 6. The number of carbonyl (C=O) groups excluding carboxylic acids is 2. The number of unbranched alkanes of at least 4 members (excludes halogenated alkanes) is 1. The Morgan fingerprint density at radius 2 is 1.75 bits per heavy atom. The molecule has 0 aliphatic heterocycles. The topological polar surface area (TPSA) is 105 Å². The van der Waals surface area contributed by atoms with Crippen molar-refractivity contribution in [2.45, 2.75) is 39.2 Å². The third-order valence-corrected chi connectivity index (χ3v) is 6.94. The van der Waals surface area contributed by atoms with Crippen LogP contribution in [0.5, 0.6) is 11.5 Å². The van der Waals surface area contributed by atoms with E-state index in [0.717, 1.165) is 29.0 Å². The third kappa shape index (κ3) is 8.15. The zero-order valence-electron chi connectivity index (χ0n) is 21.7. The minimum absolute atomic E-state index is 0.206. The molecule has 0 unspecified atom stereocenters. The lowest BCUT2D eigenvalue weighted by Crippen LogP contribution is -2.52. The highest BCUT2D eigenvalue weighted by Gasteiger charge is 2.31. The number of ether oxygens (including phenoxy) is 2. The predicted octanol–water partition coefficient (Wildman–Crippen LogP) is 2.85. The Balaban J connectivity index is 2.35. The van der Waals surface area contributed by atoms with Crippen LogP contribution in [0.4, 0.5) is 5.69 Å². The molecule has 198 valence electrons. The van der Waals surface area contributed by atoms with Crippen LogP contribution in [0.1, 0.15) is 32.3 Å². The largest absolute Gasteiger partial charge is 0.497 e. The minimum Gasteiger partial charge on any atom is -0.497 e. The van der Waals surface area contributed by atoms with Crippen LogP contribution < -0.4 is 19.1 Å². The Morgan fingerprint density at radius 1 is 1.06 bits per heavy atom. The molecule has 0 fully saturated rings. The molecule has 1 N–H and O–H groups in total. The van der Waals surface area contributed by atoms with Gasteiger partial charge in [0.1, 0.15) is 24.1 Å². The van der Waals surface area contributed by atoms with Gasteiger partial charge in [-0.15, -0.1) is 0 Å². The van der Waals surface area contributed by atoms with E-state index < -0.39 is 28.5 Å². The van der Waals surface area contributed by atoms with Crippen molar-refractivity contribution in [3.8, 4) is 11.5 Å². The van der Waals surface area contributed by atoms with Crippen LogP contribution in [0.2, 0.25) is 0 Å². The van der Waals surface area contributed by atoms with Crippen LogP contribution in [0.3, 0.4) is 0 Å². The van der Waals surface area contributed by atoms with Crippen molar-refractivity contribution in [1.82, 2.24) is 10.2 Å². The summed E-state index contributed by atoms with van der Waals surface area (Å²) in [7, 11) is -0.963. The highest BCUT2D eigenvalue weighted by Crippen LogP contribution is 2.33. The molecular formula is C26H37N3O6S. The molecular weight excluding hydrogens is 482 g/mol. The SMILES string of the molecule is CCCCNC(=O)[C@@H](C)N(CCc1ccccc1)C(=O)CN(c1ccc(OC)cc1OC)S(C)(=O)=O. The highest BCUT2D eigenvalue weighted by molar-refractivity contribution is 7.92. The molecule has 0 spiro atoms. The number of nitrogens with one attached hydrogen (secondary N) is 1. The summed E-state index contributed by atoms with van der Waals surface area (Å²) in [5.41, 5.74) is 1.21. The number of benzene rings is 2. The van der Waals surface area contributed by atoms with Gasteiger partial charge in [0.25, 0.3) is 0 Å². The van der Waals surface area contributed by atoms with Gasteiger partial charge in [0, 0.05) is 19.2 Å². The van der Waals surface area contributed by atoms with E-state index in [-0.39, 0.29) is 23.9 Å². The first-order chi connectivity index (χ1) is 17.1. The first-order valence-corrected chi connectivity index (χ1v) is 13.8. The zero-order chi connectivity index (χ0) is 26.7. The van der Waals surface area contributed by atoms with Crippen molar-refractivity contribution in [3.63, 3.8) is 0 Å². The molecule has 10 heteroatoms. The fourth-order valence-corrected chi connectivity index (χ4v) is 4.54. The second-order valence-corrected chi connectivity index (χ2v) is 10.4. The Morgan fingerprint density at radius 3 is 2.33 bits per heavy atom. The predicted molar refractivity (Wildman–Crippen MR) is 141 cm³/mol. The van der Waals surface area contributed by atoms with E-state index in [9.17, 15) is 18.0 Å². The normalized spacial score (nSPS) is 11.9. The Bertz CT molecular complexity index is 1110. The molecule has 0 radical (unpaired) electrons. The Hall–Kier alpha value is -3.27. The number of methoxy groups -OCH3 is 2. The maximum absolute atomic E-state index is 13.6. The van der Waals surface area contributed by atoms with Crippen LogP contribution in [-0.2, 0) is 26.0 Å². The second kappa shape index (κ2) is 13.7. The van der Waals surface area contributed by atoms with Crippen LogP contribution in [0, 0.1) is 0 Å². The molecule has 0 saturated heterocycles. The van der Waals surface area contributed by atoms with Crippen molar-refractivity contribution < 1.29 is 27.5 Å². The quantitative estimate of drug-likeness (QED) is 0.385. The van der Waals surface area contributed by atoms with E-state index in [4.69, 9.17) is 9.47 Å². The fourth-order valence-electron chi connectivity index (χ4n) is 3.69. The van der Waals surface area contributed by atoms with Gasteiger partial charge in [-0.2, -0.15) is 0 Å². The standard InChI is InChI=1S/C26H37N3O6S/c1-6-7-16-27-26(31)20(2)28(17-15-21-11-9-8-10-12-21)25(30)19-29(36(5,32)33)23-14-13-22(34-3)18-24(23)35-4/h8-14,18,20H,6-7,15-17,19H2,1-5H3,(H,27,31)/t20-/m1/s1. The van der Waals surface area contributed by atoms with E-state index in [1.807, 2.05) is 37.3 Å². The molecule has 0 heterocycles. The fraction of sp³-hybridized carbons (Fsp3) is 0.462. The van der Waals surface area contributed by atoms with Crippen molar-refractivity contribution in [2.24, 2.45) is 0 Å². The van der Waals surface area contributed by atoms with Gasteiger partial charge in [0.15, 0.2) is 0 Å². The van der Waals surface area contributed by atoms with Gasteiger partial charge in [-0.25, -0.2) is 8.42 Å². The van der Waals surface area contributed by atoms with E-state index in [2.05, 4.69) is 5.32 Å². The van der Waals surface area contributed by atoms with Gasteiger partial charge < -0.3 is 19.7 Å². The lowest BCUT2D eigenvalue weighted by Gasteiger charge is -2.32. The summed E-state index contributed by atoms with van der Waals surface area (Å²) in [6.45, 7) is 3.96. The molecule has 2 rings (SSSR count). The lowest BCUT2D eigenvalue weighted by atomic mass is 10.1. The molecule has 1 atom stereocenters. The van der Waals surface area contributed by atoms with Gasteiger partial charge in [0.05, 0.1) is 26.2 Å². The van der Waals surface area contributed by atoms with Crippen molar-refractivity contribution in [3.05, 3.63) is 54.1 Å². The summed E-state index contributed by atoms with van der Waals surface area (Å²) in [4.78, 5) is 27.8. The molecule has 2 aromatic rings. The van der Waals surface area contributed by atoms with Gasteiger partial charge in [0.2, 0.25) is 21.8 Å². The maximum atomic E-state index is 13.6. The van der Waals surface area contributed by atoms with Crippen molar-refractivity contribution >= 4 is 27.5 Å². The van der Waals surface area contributed by atoms with E-state index in [0.29, 0.717) is 18.7 Å². The average molecular weight is 520 g/mol. The van der Waals surface area contributed by atoms with Gasteiger partial charge in [-0.3, -0.25) is 13.9 Å². The number of sulfonamides is 1.